The molecule has 2 N–H and O–H groups in total. The van der Waals surface area contributed by atoms with Crippen LogP contribution in [-0.2, 0) is 6.42 Å². The minimum absolute atomic E-state index is 0.256. The zero-order valence-electron chi connectivity index (χ0n) is 12.9. The van der Waals surface area contributed by atoms with E-state index in [-0.39, 0.29) is 6.04 Å². The zero-order chi connectivity index (χ0) is 15.5. The van der Waals surface area contributed by atoms with Crippen LogP contribution in [0.4, 0.5) is 11.4 Å². The predicted molar refractivity (Wildman–Crippen MR) is 96.8 cm³/mol. The van der Waals surface area contributed by atoms with Crippen molar-refractivity contribution in [3.63, 3.8) is 0 Å². The smallest absolute Gasteiger partial charge is 0.0719 e. The summed E-state index contributed by atoms with van der Waals surface area (Å²) in [5.74, 6) is 0. The zero-order valence-corrected chi connectivity index (χ0v) is 12.9. The maximum absolute atomic E-state index is 3.73. The molecule has 114 valence electrons. The van der Waals surface area contributed by atoms with Gasteiger partial charge in [0.1, 0.15) is 0 Å². The first-order valence-corrected chi connectivity index (χ1v) is 8.11. The molecule has 4 rings (SSSR count). The number of rotatable bonds is 3. The lowest BCUT2D eigenvalue weighted by Gasteiger charge is -2.36. The summed E-state index contributed by atoms with van der Waals surface area (Å²) in [5.41, 5.74) is 5.02. The van der Waals surface area contributed by atoms with Crippen molar-refractivity contribution in [1.82, 2.24) is 0 Å². The summed E-state index contributed by atoms with van der Waals surface area (Å²) in [6.07, 6.45) is 0.988. The molecule has 2 atom stereocenters. The fourth-order valence-electron chi connectivity index (χ4n) is 3.30. The molecule has 0 saturated heterocycles. The van der Waals surface area contributed by atoms with Crippen LogP contribution in [0, 0.1) is 0 Å². The average molecular weight is 300 g/mol. The molecule has 0 saturated carbocycles. The fraction of sp³-hybridized carbons (Fsp3) is 0.143. The van der Waals surface area contributed by atoms with Crippen molar-refractivity contribution in [3.8, 4) is 0 Å². The minimum atomic E-state index is 0.256. The highest BCUT2D eigenvalue weighted by molar-refractivity contribution is 5.72. The van der Waals surface area contributed by atoms with Crippen molar-refractivity contribution in [2.45, 2.75) is 18.5 Å². The predicted octanol–water partition coefficient (Wildman–Crippen LogP) is 4.88. The van der Waals surface area contributed by atoms with Gasteiger partial charge in [-0.15, -0.1) is 0 Å². The summed E-state index contributed by atoms with van der Waals surface area (Å²) in [6, 6.07) is 30.4. The van der Waals surface area contributed by atoms with Gasteiger partial charge in [0.05, 0.1) is 23.5 Å². The second-order valence-corrected chi connectivity index (χ2v) is 6.02. The number of nitrogens with one attached hydrogen (secondary N) is 2. The Balaban J connectivity index is 1.68. The van der Waals surface area contributed by atoms with Crippen LogP contribution < -0.4 is 10.6 Å². The fourth-order valence-corrected chi connectivity index (χ4v) is 3.30. The Hall–Kier alpha value is -2.74. The summed E-state index contributed by atoms with van der Waals surface area (Å²) in [5, 5.41) is 7.45. The molecule has 0 radical (unpaired) electrons. The highest BCUT2D eigenvalue weighted by Gasteiger charge is 2.28. The number of hydrogen-bond donors (Lipinski definition) is 2. The Morgan fingerprint density at radius 3 is 1.87 bits per heavy atom. The highest BCUT2D eigenvalue weighted by atomic mass is 15.1. The molecule has 0 unspecified atom stereocenters. The monoisotopic (exact) mass is 300 g/mol. The van der Waals surface area contributed by atoms with Gasteiger partial charge >= 0.3 is 0 Å². The van der Waals surface area contributed by atoms with Crippen LogP contribution in [-0.4, -0.2) is 6.04 Å². The largest absolute Gasteiger partial charge is 0.378 e. The van der Waals surface area contributed by atoms with Crippen molar-refractivity contribution in [3.05, 3.63) is 96.1 Å². The van der Waals surface area contributed by atoms with E-state index in [0.717, 1.165) is 6.42 Å². The summed E-state index contributed by atoms with van der Waals surface area (Å²) in [7, 11) is 0. The number of anilines is 2. The van der Waals surface area contributed by atoms with Gasteiger partial charge in [-0.2, -0.15) is 0 Å². The first-order chi connectivity index (χ1) is 11.4. The van der Waals surface area contributed by atoms with Gasteiger partial charge in [-0.3, -0.25) is 0 Å². The summed E-state index contributed by atoms with van der Waals surface area (Å²) < 4.78 is 0. The van der Waals surface area contributed by atoms with Gasteiger partial charge in [0.15, 0.2) is 0 Å². The molecule has 23 heavy (non-hydrogen) atoms. The van der Waals surface area contributed by atoms with E-state index in [1.165, 1.54) is 22.5 Å². The van der Waals surface area contributed by atoms with Gasteiger partial charge in [-0.1, -0.05) is 72.8 Å². The maximum atomic E-state index is 3.73. The van der Waals surface area contributed by atoms with Crippen LogP contribution >= 0.6 is 0 Å². The van der Waals surface area contributed by atoms with E-state index in [4.69, 9.17) is 0 Å². The lowest BCUT2D eigenvalue weighted by Crippen LogP contribution is -2.38. The third kappa shape index (κ3) is 2.93. The van der Waals surface area contributed by atoms with Crippen LogP contribution in [0.25, 0.3) is 0 Å². The number of para-hydroxylation sites is 2. The van der Waals surface area contributed by atoms with E-state index in [2.05, 4.69) is 95.6 Å². The van der Waals surface area contributed by atoms with Gasteiger partial charge < -0.3 is 10.6 Å². The van der Waals surface area contributed by atoms with Crippen LogP contribution in [0.2, 0.25) is 0 Å². The molecular formula is C21H20N2. The second-order valence-electron chi connectivity index (χ2n) is 6.02. The Labute approximate surface area is 137 Å². The van der Waals surface area contributed by atoms with E-state index in [0.29, 0.717) is 6.04 Å². The lowest BCUT2D eigenvalue weighted by atomic mass is 9.91. The van der Waals surface area contributed by atoms with Gasteiger partial charge in [0.2, 0.25) is 0 Å². The molecule has 2 nitrogen and oxygen atoms in total. The van der Waals surface area contributed by atoms with E-state index < -0.39 is 0 Å². The molecule has 0 bridgehead atoms. The molecule has 0 fully saturated rings. The molecule has 0 amide bonds. The topological polar surface area (TPSA) is 24.1 Å². The molecule has 0 spiro atoms. The second kappa shape index (κ2) is 6.17. The summed E-state index contributed by atoms with van der Waals surface area (Å²) in [6.45, 7) is 0. The van der Waals surface area contributed by atoms with Gasteiger partial charge in [-0.25, -0.2) is 0 Å². The Kier molecular flexibility index (Phi) is 3.73. The van der Waals surface area contributed by atoms with Crippen molar-refractivity contribution in [2.75, 3.05) is 10.6 Å². The third-order valence-corrected chi connectivity index (χ3v) is 4.44. The van der Waals surface area contributed by atoms with Gasteiger partial charge in [0, 0.05) is 0 Å². The van der Waals surface area contributed by atoms with Crippen molar-refractivity contribution in [1.29, 1.82) is 0 Å². The highest BCUT2D eigenvalue weighted by Crippen LogP contribution is 2.35. The van der Waals surface area contributed by atoms with Crippen molar-refractivity contribution in [2.24, 2.45) is 0 Å². The van der Waals surface area contributed by atoms with E-state index in [1.54, 1.807) is 0 Å². The maximum Gasteiger partial charge on any atom is 0.0719 e. The standard InChI is InChI=1S/C21H20N2/c1-3-9-16(10-4-1)15-20-21(17-11-5-2-6-12-17)23-19-14-8-7-13-18(19)22-20/h1-14,20-23H,15H2/t20-,21+/m1/s1. The van der Waals surface area contributed by atoms with Gasteiger partial charge in [0.25, 0.3) is 0 Å². The van der Waals surface area contributed by atoms with Crippen molar-refractivity contribution >= 4 is 11.4 Å². The third-order valence-electron chi connectivity index (χ3n) is 4.44. The molecule has 1 heterocycles. The quantitative estimate of drug-likeness (QED) is 0.720. The van der Waals surface area contributed by atoms with Crippen LogP contribution in [0.5, 0.6) is 0 Å². The number of hydrogen-bond acceptors (Lipinski definition) is 2. The molecule has 2 heteroatoms. The number of benzene rings is 3. The molecule has 0 aliphatic carbocycles. The average Bonchev–Trinajstić information content (AvgIpc) is 2.63. The summed E-state index contributed by atoms with van der Waals surface area (Å²) in [4.78, 5) is 0. The van der Waals surface area contributed by atoms with Gasteiger partial charge in [-0.05, 0) is 29.7 Å². The molecule has 1 aliphatic rings. The molecular weight excluding hydrogens is 280 g/mol. The Bertz CT molecular complexity index is 768. The minimum Gasteiger partial charge on any atom is -0.378 e. The molecule has 0 aromatic heterocycles. The Morgan fingerprint density at radius 1 is 0.609 bits per heavy atom. The molecule has 1 aliphatic heterocycles. The Morgan fingerprint density at radius 2 is 1.17 bits per heavy atom. The van der Waals surface area contributed by atoms with E-state index in [1.807, 2.05) is 0 Å². The lowest BCUT2D eigenvalue weighted by molar-refractivity contribution is 0.600. The summed E-state index contributed by atoms with van der Waals surface area (Å²) >= 11 is 0. The van der Waals surface area contributed by atoms with E-state index >= 15 is 0 Å². The molecule has 3 aromatic rings. The molecule has 3 aromatic carbocycles. The SMILES string of the molecule is c1ccc(C[C@H]2Nc3ccccc3N[C@H]2c2ccccc2)cc1. The first kappa shape index (κ1) is 13.9. The van der Waals surface area contributed by atoms with Crippen molar-refractivity contribution < 1.29 is 0 Å². The van der Waals surface area contributed by atoms with Crippen LogP contribution in [0.3, 0.4) is 0 Å². The normalized spacial score (nSPS) is 19.3. The van der Waals surface area contributed by atoms with E-state index in [9.17, 15) is 0 Å². The van der Waals surface area contributed by atoms with Crippen LogP contribution in [0.1, 0.15) is 17.2 Å². The first-order valence-electron chi connectivity index (χ1n) is 8.11. The number of fused-ring (bicyclic) bond motifs is 1. The van der Waals surface area contributed by atoms with Crippen LogP contribution in [0.15, 0.2) is 84.9 Å².